The lowest BCUT2D eigenvalue weighted by Gasteiger charge is -2.26. The zero-order valence-corrected chi connectivity index (χ0v) is 33.0. The van der Waals surface area contributed by atoms with E-state index in [0.717, 1.165) is 72.4 Å². The maximum absolute atomic E-state index is 5.05. The Balaban J connectivity index is 1.09. The summed E-state index contributed by atoms with van der Waals surface area (Å²) in [6.07, 6.45) is 0. The number of aryl methyl sites for hydroxylation is 5. The molecule has 0 bridgehead atoms. The van der Waals surface area contributed by atoms with Crippen LogP contribution in [0.5, 0.6) is 0 Å². The molecule has 0 saturated carbocycles. The van der Waals surface area contributed by atoms with Crippen LogP contribution in [-0.2, 0) is 35.2 Å². The first-order chi connectivity index (χ1) is 28.8. The normalized spacial score (nSPS) is 12.2. The van der Waals surface area contributed by atoms with Crippen molar-refractivity contribution in [3.05, 3.63) is 127 Å². The molecule has 0 radical (unpaired) electrons. The van der Waals surface area contributed by atoms with Crippen LogP contribution in [0, 0.1) is 0 Å². The van der Waals surface area contributed by atoms with E-state index in [4.69, 9.17) is 30.6 Å². The Kier molecular flexibility index (Phi) is 6.81. The topological polar surface area (TPSA) is 105 Å². The molecule has 0 fully saturated rings. The summed E-state index contributed by atoms with van der Waals surface area (Å²) in [4.78, 5) is 7.11. The molecular formula is C47H36N12. The van der Waals surface area contributed by atoms with Gasteiger partial charge in [-0.2, -0.15) is 45.0 Å². The van der Waals surface area contributed by atoms with Crippen LogP contribution in [-0.4, -0.2) is 54.1 Å². The third-order valence-electron chi connectivity index (χ3n) is 11.9. The van der Waals surface area contributed by atoms with E-state index in [-0.39, 0.29) is 0 Å². The van der Waals surface area contributed by atoms with Crippen LogP contribution in [0.2, 0.25) is 0 Å². The SMILES string of the molecule is Cn1nc2cccc(N(c3ccc(-c4ccc5c(c4)c4ccccc4n5C)c4nn(C)nc34)c3ccc(-c4ccc5c(c4)c4ccccc4n5C)c4nn(C)nc34)c2n1. The van der Waals surface area contributed by atoms with Crippen molar-refractivity contribution in [2.75, 3.05) is 4.90 Å². The number of hydrogen-bond donors (Lipinski definition) is 0. The summed E-state index contributed by atoms with van der Waals surface area (Å²) in [5.41, 5.74) is 16.0. The summed E-state index contributed by atoms with van der Waals surface area (Å²) in [6, 6.07) is 45.1. The fourth-order valence-electron chi connectivity index (χ4n) is 9.25. The second kappa shape index (κ2) is 12.1. The lowest BCUT2D eigenvalue weighted by atomic mass is 9.99. The van der Waals surface area contributed by atoms with E-state index in [1.807, 2.05) is 33.3 Å². The van der Waals surface area contributed by atoms with Gasteiger partial charge in [-0.1, -0.05) is 54.6 Å². The molecule has 0 saturated heterocycles. The number of aromatic nitrogens is 11. The molecule has 12 heteroatoms. The van der Waals surface area contributed by atoms with E-state index in [2.05, 4.69) is 143 Å². The fourth-order valence-corrected chi connectivity index (χ4v) is 9.25. The van der Waals surface area contributed by atoms with Gasteiger partial charge >= 0.3 is 0 Å². The number of fused-ring (bicyclic) bond motifs is 9. The van der Waals surface area contributed by atoms with E-state index in [1.54, 1.807) is 14.4 Å². The van der Waals surface area contributed by atoms with Crippen molar-refractivity contribution in [1.82, 2.24) is 54.1 Å². The number of para-hydroxylation sites is 2. The minimum absolute atomic E-state index is 0.742. The highest BCUT2D eigenvalue weighted by Crippen LogP contribution is 2.46. The molecule has 12 rings (SSSR count). The summed E-state index contributed by atoms with van der Waals surface area (Å²) in [7, 11) is 9.83. The van der Waals surface area contributed by atoms with Gasteiger partial charge in [0.15, 0.2) is 0 Å². The smallest absolute Gasteiger partial charge is 0.137 e. The van der Waals surface area contributed by atoms with Crippen LogP contribution in [0.15, 0.2) is 127 Å². The minimum Gasteiger partial charge on any atom is -0.344 e. The van der Waals surface area contributed by atoms with E-state index < -0.39 is 0 Å². The highest BCUT2D eigenvalue weighted by Gasteiger charge is 2.27. The Morgan fingerprint density at radius 1 is 0.356 bits per heavy atom. The molecule has 59 heavy (non-hydrogen) atoms. The average molecular weight is 769 g/mol. The molecular weight excluding hydrogens is 733 g/mol. The number of nitrogens with zero attached hydrogens (tertiary/aromatic N) is 12. The molecule has 12 nitrogen and oxygen atoms in total. The van der Waals surface area contributed by atoms with Gasteiger partial charge in [-0.05, 0) is 83.9 Å². The predicted molar refractivity (Wildman–Crippen MR) is 236 cm³/mol. The van der Waals surface area contributed by atoms with Crippen molar-refractivity contribution in [2.45, 2.75) is 0 Å². The van der Waals surface area contributed by atoms with Gasteiger partial charge in [-0.15, -0.1) is 0 Å². The largest absolute Gasteiger partial charge is 0.344 e. The highest BCUT2D eigenvalue weighted by atomic mass is 15.5. The average Bonchev–Trinajstić information content (AvgIpc) is 4.07. The second-order valence-corrected chi connectivity index (χ2v) is 15.3. The quantitative estimate of drug-likeness (QED) is 0.172. The monoisotopic (exact) mass is 768 g/mol. The summed E-state index contributed by atoms with van der Waals surface area (Å²) < 4.78 is 4.50. The highest BCUT2D eigenvalue weighted by molar-refractivity contribution is 6.13. The van der Waals surface area contributed by atoms with Gasteiger partial charge in [0, 0.05) is 90.0 Å². The standard InChI is InChI=1S/C47H36N12/c1-54-36-14-8-6-11-31(36)33-25-27(17-21-38(33)54)29-19-23-41(46-43(29)49-57(4)52-46)59(40-16-10-13-35-45(40)51-56(3)48-35)42-24-20-30(44-47(42)53-58(5)50-44)28-18-22-39-34(26-28)32-12-7-9-15-37(32)55(39)2/h6-26H,1-5H3. The Morgan fingerprint density at radius 3 is 1.34 bits per heavy atom. The molecule has 5 heterocycles. The van der Waals surface area contributed by atoms with E-state index in [1.165, 1.54) is 43.6 Å². The number of anilines is 3. The number of hydrogen-bond acceptors (Lipinski definition) is 7. The van der Waals surface area contributed by atoms with Crippen molar-refractivity contribution >= 4 is 93.8 Å². The Morgan fingerprint density at radius 2 is 0.797 bits per heavy atom. The predicted octanol–water partition coefficient (Wildman–Crippen LogP) is 9.63. The third-order valence-corrected chi connectivity index (χ3v) is 11.9. The minimum atomic E-state index is 0.742. The first-order valence-electron chi connectivity index (χ1n) is 19.5. The maximum atomic E-state index is 5.05. The van der Waals surface area contributed by atoms with Crippen molar-refractivity contribution in [3.63, 3.8) is 0 Å². The van der Waals surface area contributed by atoms with Gasteiger partial charge in [0.2, 0.25) is 0 Å². The van der Waals surface area contributed by atoms with Gasteiger partial charge in [-0.25, -0.2) is 0 Å². The fraction of sp³-hybridized carbons (Fsp3) is 0.106. The van der Waals surface area contributed by atoms with Crippen molar-refractivity contribution < 1.29 is 0 Å². The molecule has 0 spiro atoms. The van der Waals surface area contributed by atoms with Gasteiger partial charge in [0.05, 0.1) is 17.1 Å². The molecule has 0 N–H and O–H groups in total. The van der Waals surface area contributed by atoms with Gasteiger partial charge in [-0.3, -0.25) is 0 Å². The van der Waals surface area contributed by atoms with Crippen molar-refractivity contribution in [3.8, 4) is 22.3 Å². The van der Waals surface area contributed by atoms with E-state index in [0.29, 0.717) is 0 Å². The van der Waals surface area contributed by atoms with Crippen LogP contribution >= 0.6 is 0 Å². The molecule has 0 atom stereocenters. The summed E-state index contributed by atoms with van der Waals surface area (Å²) >= 11 is 0. The first-order valence-corrected chi connectivity index (χ1v) is 19.5. The Hall–Kier alpha value is -7.86. The molecule has 0 aliphatic carbocycles. The molecule has 284 valence electrons. The molecule has 0 aliphatic rings. The van der Waals surface area contributed by atoms with Crippen molar-refractivity contribution in [1.29, 1.82) is 0 Å². The lowest BCUT2D eigenvalue weighted by Crippen LogP contribution is -2.12. The van der Waals surface area contributed by atoms with Gasteiger partial charge in [0.25, 0.3) is 0 Å². The summed E-state index contributed by atoms with van der Waals surface area (Å²) in [5, 5.41) is 34.5. The Labute approximate surface area is 336 Å². The molecule has 7 aromatic carbocycles. The van der Waals surface area contributed by atoms with Crippen LogP contribution in [0.25, 0.3) is 99.0 Å². The van der Waals surface area contributed by atoms with Crippen LogP contribution in [0.4, 0.5) is 17.1 Å². The first kappa shape index (κ1) is 33.3. The number of rotatable bonds is 5. The summed E-state index contributed by atoms with van der Waals surface area (Å²) in [6.45, 7) is 0. The Bertz CT molecular complexity index is 3500. The van der Waals surface area contributed by atoms with Crippen LogP contribution < -0.4 is 4.90 Å². The van der Waals surface area contributed by atoms with Crippen LogP contribution in [0.3, 0.4) is 0 Å². The molecule has 0 aliphatic heterocycles. The number of benzene rings is 7. The molecule has 5 aromatic heterocycles. The molecule has 12 aromatic rings. The third kappa shape index (κ3) is 4.77. The van der Waals surface area contributed by atoms with E-state index >= 15 is 0 Å². The maximum Gasteiger partial charge on any atom is 0.137 e. The van der Waals surface area contributed by atoms with Crippen LogP contribution in [0.1, 0.15) is 0 Å². The van der Waals surface area contributed by atoms with Crippen molar-refractivity contribution in [2.24, 2.45) is 35.2 Å². The molecule has 0 amide bonds. The lowest BCUT2D eigenvalue weighted by molar-refractivity contribution is 0.665. The van der Waals surface area contributed by atoms with Gasteiger partial charge < -0.3 is 14.0 Å². The van der Waals surface area contributed by atoms with Gasteiger partial charge in [0.1, 0.15) is 33.1 Å². The zero-order chi connectivity index (χ0) is 39.7. The zero-order valence-electron chi connectivity index (χ0n) is 33.0. The second-order valence-electron chi connectivity index (χ2n) is 15.3. The van der Waals surface area contributed by atoms with E-state index in [9.17, 15) is 0 Å². The summed E-state index contributed by atoms with van der Waals surface area (Å²) in [5.74, 6) is 0. The molecule has 0 unspecified atom stereocenters.